The summed E-state index contributed by atoms with van der Waals surface area (Å²) in [6, 6.07) is 8.24. The summed E-state index contributed by atoms with van der Waals surface area (Å²) >= 11 is 5.82. The van der Waals surface area contributed by atoms with Crippen LogP contribution in [-0.2, 0) is 4.74 Å². The average molecular weight is 214 g/mol. The van der Waals surface area contributed by atoms with Gasteiger partial charge in [-0.1, -0.05) is 23.7 Å². The fourth-order valence-corrected chi connectivity index (χ4v) is 1.53. The van der Waals surface area contributed by atoms with Gasteiger partial charge in [-0.3, -0.25) is 0 Å². The molecule has 0 saturated carbocycles. The van der Waals surface area contributed by atoms with Gasteiger partial charge in [-0.15, -0.1) is 0 Å². The second-order valence-electron chi connectivity index (χ2n) is 3.17. The van der Waals surface area contributed by atoms with E-state index in [0.29, 0.717) is 6.04 Å². The first kappa shape index (κ1) is 11.5. The third-order valence-electron chi connectivity index (χ3n) is 2.23. The topological polar surface area (TPSA) is 21.3 Å². The first-order chi connectivity index (χ1) is 6.77. The number of benzene rings is 1. The van der Waals surface area contributed by atoms with Crippen molar-refractivity contribution in [3.8, 4) is 0 Å². The number of halogens is 1. The quantitative estimate of drug-likeness (QED) is 0.812. The molecule has 0 aromatic heterocycles. The van der Waals surface area contributed by atoms with Crippen molar-refractivity contribution in [3.05, 3.63) is 34.9 Å². The smallest absolute Gasteiger partial charge is 0.0480 e. The lowest BCUT2D eigenvalue weighted by atomic mass is 10.0. The van der Waals surface area contributed by atoms with E-state index in [1.807, 2.05) is 31.3 Å². The maximum Gasteiger partial charge on any atom is 0.0480 e. The monoisotopic (exact) mass is 213 g/mol. The minimum absolute atomic E-state index is 0.340. The first-order valence-electron chi connectivity index (χ1n) is 4.69. The minimum atomic E-state index is 0.340. The van der Waals surface area contributed by atoms with Crippen LogP contribution in [0.2, 0.25) is 5.02 Å². The Hall–Kier alpha value is -0.570. The number of ether oxygens (including phenoxy) is 1. The van der Waals surface area contributed by atoms with E-state index < -0.39 is 0 Å². The highest BCUT2D eigenvalue weighted by molar-refractivity contribution is 6.30. The van der Waals surface area contributed by atoms with Gasteiger partial charge >= 0.3 is 0 Å². The normalized spacial score (nSPS) is 12.8. The molecule has 0 aliphatic heterocycles. The van der Waals surface area contributed by atoms with Crippen molar-refractivity contribution in [3.63, 3.8) is 0 Å². The van der Waals surface area contributed by atoms with Gasteiger partial charge in [0.1, 0.15) is 0 Å². The Morgan fingerprint density at radius 1 is 1.36 bits per heavy atom. The summed E-state index contributed by atoms with van der Waals surface area (Å²) in [5.41, 5.74) is 1.24. The van der Waals surface area contributed by atoms with Gasteiger partial charge < -0.3 is 10.1 Å². The Balaban J connectivity index is 2.64. The van der Waals surface area contributed by atoms with E-state index >= 15 is 0 Å². The summed E-state index contributed by atoms with van der Waals surface area (Å²) in [5, 5.41) is 4.02. The van der Waals surface area contributed by atoms with E-state index in [4.69, 9.17) is 16.3 Å². The third-order valence-corrected chi connectivity index (χ3v) is 2.48. The number of hydrogen-bond acceptors (Lipinski definition) is 2. The van der Waals surface area contributed by atoms with Gasteiger partial charge in [-0.2, -0.15) is 0 Å². The van der Waals surface area contributed by atoms with Crippen LogP contribution in [-0.4, -0.2) is 20.8 Å². The van der Waals surface area contributed by atoms with Gasteiger partial charge in [0.25, 0.3) is 0 Å². The summed E-state index contributed by atoms with van der Waals surface area (Å²) in [5.74, 6) is 0. The van der Waals surface area contributed by atoms with Crippen LogP contribution < -0.4 is 5.32 Å². The molecule has 78 valence electrons. The SMILES string of the molecule is CNC(CCOC)c1ccc(Cl)cc1. The van der Waals surface area contributed by atoms with Crippen LogP contribution in [0.3, 0.4) is 0 Å². The van der Waals surface area contributed by atoms with Gasteiger partial charge in [-0.25, -0.2) is 0 Å². The van der Waals surface area contributed by atoms with Gasteiger partial charge in [-0.05, 0) is 31.2 Å². The lowest BCUT2D eigenvalue weighted by Gasteiger charge is -2.15. The van der Waals surface area contributed by atoms with Gasteiger partial charge in [0.15, 0.2) is 0 Å². The van der Waals surface area contributed by atoms with Crippen LogP contribution in [0.1, 0.15) is 18.0 Å². The van der Waals surface area contributed by atoms with Crippen LogP contribution in [0.5, 0.6) is 0 Å². The molecule has 0 saturated heterocycles. The van der Waals surface area contributed by atoms with Crippen LogP contribution in [0.15, 0.2) is 24.3 Å². The van der Waals surface area contributed by atoms with E-state index in [1.54, 1.807) is 7.11 Å². The van der Waals surface area contributed by atoms with Crippen LogP contribution in [0, 0.1) is 0 Å². The minimum Gasteiger partial charge on any atom is -0.385 e. The highest BCUT2D eigenvalue weighted by Crippen LogP contribution is 2.18. The Bertz CT molecular complexity index is 260. The van der Waals surface area contributed by atoms with Crippen LogP contribution in [0.4, 0.5) is 0 Å². The molecule has 0 amide bonds. The van der Waals surface area contributed by atoms with Crippen molar-refractivity contribution >= 4 is 11.6 Å². The lowest BCUT2D eigenvalue weighted by molar-refractivity contribution is 0.184. The molecule has 1 aromatic rings. The van der Waals surface area contributed by atoms with Crippen molar-refractivity contribution < 1.29 is 4.74 Å². The lowest BCUT2D eigenvalue weighted by Crippen LogP contribution is -2.17. The molecule has 1 atom stereocenters. The molecule has 0 spiro atoms. The van der Waals surface area contributed by atoms with E-state index in [9.17, 15) is 0 Å². The zero-order chi connectivity index (χ0) is 10.4. The maximum atomic E-state index is 5.82. The summed E-state index contributed by atoms with van der Waals surface area (Å²) < 4.78 is 5.05. The molecule has 2 nitrogen and oxygen atoms in total. The molecule has 0 heterocycles. The average Bonchev–Trinajstić information content (AvgIpc) is 2.21. The van der Waals surface area contributed by atoms with Crippen molar-refractivity contribution in [1.29, 1.82) is 0 Å². The van der Waals surface area contributed by atoms with Crippen LogP contribution in [0.25, 0.3) is 0 Å². The number of nitrogens with one attached hydrogen (secondary N) is 1. The fourth-order valence-electron chi connectivity index (χ4n) is 1.41. The standard InChI is InChI=1S/C11H16ClNO/c1-13-11(7-8-14-2)9-3-5-10(12)6-4-9/h3-6,11,13H,7-8H2,1-2H3. The summed E-state index contributed by atoms with van der Waals surface area (Å²) in [6.07, 6.45) is 0.967. The van der Waals surface area contributed by atoms with Crippen molar-refractivity contribution in [2.24, 2.45) is 0 Å². The molecule has 1 aromatic carbocycles. The maximum absolute atomic E-state index is 5.82. The van der Waals surface area contributed by atoms with E-state index in [1.165, 1.54) is 5.56 Å². The highest BCUT2D eigenvalue weighted by atomic mass is 35.5. The van der Waals surface area contributed by atoms with E-state index in [0.717, 1.165) is 18.1 Å². The molecular weight excluding hydrogens is 198 g/mol. The van der Waals surface area contributed by atoms with Crippen molar-refractivity contribution in [2.45, 2.75) is 12.5 Å². The van der Waals surface area contributed by atoms with Gasteiger partial charge in [0, 0.05) is 24.8 Å². The molecule has 0 fully saturated rings. The first-order valence-corrected chi connectivity index (χ1v) is 5.07. The van der Waals surface area contributed by atoms with Crippen molar-refractivity contribution in [1.82, 2.24) is 5.32 Å². The van der Waals surface area contributed by atoms with Crippen molar-refractivity contribution in [2.75, 3.05) is 20.8 Å². The Kier molecular flexibility index (Phi) is 4.94. The zero-order valence-corrected chi connectivity index (χ0v) is 9.34. The third kappa shape index (κ3) is 3.29. The molecular formula is C11H16ClNO. The largest absolute Gasteiger partial charge is 0.385 e. The molecule has 1 N–H and O–H groups in total. The second-order valence-corrected chi connectivity index (χ2v) is 3.61. The zero-order valence-electron chi connectivity index (χ0n) is 8.59. The van der Waals surface area contributed by atoms with E-state index in [-0.39, 0.29) is 0 Å². The molecule has 3 heteroatoms. The second kappa shape index (κ2) is 6.02. The molecule has 0 bridgehead atoms. The fraction of sp³-hybridized carbons (Fsp3) is 0.455. The number of hydrogen-bond donors (Lipinski definition) is 1. The number of methoxy groups -OCH3 is 1. The molecule has 1 unspecified atom stereocenters. The Morgan fingerprint density at radius 2 is 2.00 bits per heavy atom. The predicted octanol–water partition coefficient (Wildman–Crippen LogP) is 2.64. The molecule has 0 aliphatic carbocycles. The van der Waals surface area contributed by atoms with Gasteiger partial charge in [0.05, 0.1) is 0 Å². The number of rotatable bonds is 5. The predicted molar refractivity (Wildman–Crippen MR) is 59.7 cm³/mol. The highest BCUT2D eigenvalue weighted by Gasteiger charge is 2.07. The molecule has 0 aliphatic rings. The molecule has 14 heavy (non-hydrogen) atoms. The summed E-state index contributed by atoms with van der Waals surface area (Å²) in [7, 11) is 3.67. The molecule has 0 radical (unpaired) electrons. The summed E-state index contributed by atoms with van der Waals surface area (Å²) in [6.45, 7) is 0.758. The van der Waals surface area contributed by atoms with Gasteiger partial charge in [0.2, 0.25) is 0 Å². The van der Waals surface area contributed by atoms with Crippen LogP contribution >= 0.6 is 11.6 Å². The summed E-state index contributed by atoms with van der Waals surface area (Å²) in [4.78, 5) is 0. The molecule has 1 rings (SSSR count). The van der Waals surface area contributed by atoms with E-state index in [2.05, 4.69) is 5.32 Å². The Labute approximate surface area is 90.2 Å². The Morgan fingerprint density at radius 3 is 2.50 bits per heavy atom.